The Hall–Kier alpha value is -1.49. The van der Waals surface area contributed by atoms with Crippen LogP contribution in [0.4, 0.5) is 0 Å². The van der Waals surface area contributed by atoms with Crippen LogP contribution in [0.25, 0.3) is 0 Å². The number of aromatic nitrogens is 3. The molecule has 0 fully saturated rings. The van der Waals surface area contributed by atoms with Crippen LogP contribution in [0.5, 0.6) is 0 Å². The molecule has 0 spiro atoms. The van der Waals surface area contributed by atoms with Gasteiger partial charge in [-0.3, -0.25) is 4.21 Å². The predicted octanol–water partition coefficient (Wildman–Crippen LogP) is 1.74. The average Bonchev–Trinajstić information content (AvgIpc) is 2.61. The second-order valence-corrected chi connectivity index (χ2v) is 5.48. The monoisotopic (exact) mass is 249 g/mol. The van der Waals surface area contributed by atoms with Gasteiger partial charge in [0.05, 0.1) is 16.6 Å². The summed E-state index contributed by atoms with van der Waals surface area (Å²) in [5, 5.41) is 7.98. The van der Waals surface area contributed by atoms with Crippen LogP contribution in [0.2, 0.25) is 0 Å². The first-order chi connectivity index (χ1) is 8.08. The highest BCUT2D eigenvalue weighted by molar-refractivity contribution is 7.84. The Morgan fingerprint density at radius 2 is 2.06 bits per heavy atom. The lowest BCUT2D eigenvalue weighted by atomic mass is 10.2. The summed E-state index contributed by atoms with van der Waals surface area (Å²) in [7, 11) is 0.822. The van der Waals surface area contributed by atoms with Crippen molar-refractivity contribution < 1.29 is 4.21 Å². The lowest BCUT2D eigenvalue weighted by Crippen LogP contribution is -2.04. The number of hydrogen-bond donors (Lipinski definition) is 0. The fraction of sp³-hybridized carbons (Fsp3) is 0.333. The molecule has 1 aromatic carbocycles. The van der Waals surface area contributed by atoms with Gasteiger partial charge in [0.1, 0.15) is 11.6 Å². The number of aryl methyl sites for hydroxylation is 2. The molecule has 0 N–H and O–H groups in total. The van der Waals surface area contributed by atoms with E-state index in [1.807, 2.05) is 49.7 Å². The van der Waals surface area contributed by atoms with Crippen molar-refractivity contribution in [3.63, 3.8) is 0 Å². The fourth-order valence-corrected chi connectivity index (χ4v) is 2.73. The van der Waals surface area contributed by atoms with Gasteiger partial charge in [-0.25, -0.2) is 0 Å². The molecule has 1 heterocycles. The highest BCUT2D eigenvalue weighted by Crippen LogP contribution is 2.12. The molecular formula is C12H15N3OS. The van der Waals surface area contributed by atoms with Gasteiger partial charge in [0.25, 0.3) is 0 Å². The van der Waals surface area contributed by atoms with Crippen molar-refractivity contribution >= 4 is 10.8 Å². The molecule has 1 atom stereocenters. The molecule has 0 bridgehead atoms. The van der Waals surface area contributed by atoms with Gasteiger partial charge in [0, 0.05) is 11.9 Å². The quantitative estimate of drug-likeness (QED) is 0.832. The van der Waals surface area contributed by atoms with E-state index in [0.29, 0.717) is 5.75 Å². The summed E-state index contributed by atoms with van der Waals surface area (Å²) in [4.78, 5) is 0.839. The molecule has 5 heteroatoms. The zero-order valence-electron chi connectivity index (χ0n) is 10.2. The first-order valence-corrected chi connectivity index (χ1v) is 6.69. The van der Waals surface area contributed by atoms with Crippen molar-refractivity contribution in [1.82, 2.24) is 14.8 Å². The van der Waals surface area contributed by atoms with Crippen molar-refractivity contribution in [2.45, 2.75) is 24.5 Å². The maximum absolute atomic E-state index is 12.2. The Balaban J connectivity index is 2.20. The SMILES string of the molecule is Cc1cccc([S@@](=O)Cc2nnc(C)n2C)c1. The third-order valence-electron chi connectivity index (χ3n) is 2.70. The number of benzene rings is 1. The largest absolute Gasteiger partial charge is 0.318 e. The summed E-state index contributed by atoms with van der Waals surface area (Å²) in [5.41, 5.74) is 1.12. The van der Waals surface area contributed by atoms with Crippen LogP contribution in [0.3, 0.4) is 0 Å². The van der Waals surface area contributed by atoms with Gasteiger partial charge < -0.3 is 4.57 Å². The highest BCUT2D eigenvalue weighted by Gasteiger charge is 2.11. The molecule has 0 radical (unpaired) electrons. The maximum atomic E-state index is 12.2. The van der Waals surface area contributed by atoms with E-state index in [2.05, 4.69) is 10.2 Å². The molecule has 90 valence electrons. The second-order valence-electron chi connectivity index (χ2n) is 4.03. The van der Waals surface area contributed by atoms with E-state index in [1.54, 1.807) is 0 Å². The van der Waals surface area contributed by atoms with E-state index in [-0.39, 0.29) is 0 Å². The lowest BCUT2D eigenvalue weighted by molar-refractivity contribution is 0.679. The van der Waals surface area contributed by atoms with Gasteiger partial charge in [-0.05, 0) is 31.5 Å². The molecule has 0 unspecified atom stereocenters. The second kappa shape index (κ2) is 4.79. The minimum atomic E-state index is -1.06. The van der Waals surface area contributed by atoms with Gasteiger partial charge in [-0.2, -0.15) is 0 Å². The van der Waals surface area contributed by atoms with Crippen LogP contribution < -0.4 is 0 Å². The van der Waals surface area contributed by atoms with Crippen molar-refractivity contribution in [3.05, 3.63) is 41.5 Å². The molecule has 2 aromatic rings. The molecule has 0 aliphatic heterocycles. The predicted molar refractivity (Wildman–Crippen MR) is 67.0 cm³/mol. The first kappa shape index (κ1) is 12.0. The lowest BCUT2D eigenvalue weighted by Gasteiger charge is -2.03. The van der Waals surface area contributed by atoms with Crippen LogP contribution in [-0.2, 0) is 23.6 Å². The molecule has 4 nitrogen and oxygen atoms in total. The minimum absolute atomic E-state index is 0.404. The smallest absolute Gasteiger partial charge is 0.145 e. The molecule has 0 saturated heterocycles. The summed E-state index contributed by atoms with van der Waals surface area (Å²) in [6.45, 7) is 3.87. The average molecular weight is 249 g/mol. The molecule has 0 saturated carbocycles. The molecule has 0 aliphatic rings. The van der Waals surface area contributed by atoms with E-state index < -0.39 is 10.8 Å². The van der Waals surface area contributed by atoms with Gasteiger partial charge in [0.2, 0.25) is 0 Å². The van der Waals surface area contributed by atoms with Gasteiger partial charge in [0.15, 0.2) is 0 Å². The van der Waals surface area contributed by atoms with Crippen LogP contribution >= 0.6 is 0 Å². The van der Waals surface area contributed by atoms with Crippen molar-refractivity contribution in [1.29, 1.82) is 0 Å². The van der Waals surface area contributed by atoms with E-state index >= 15 is 0 Å². The minimum Gasteiger partial charge on any atom is -0.318 e. The molecule has 0 amide bonds. The molecule has 0 aliphatic carbocycles. The van der Waals surface area contributed by atoms with Crippen molar-refractivity contribution in [3.8, 4) is 0 Å². The maximum Gasteiger partial charge on any atom is 0.145 e. The zero-order chi connectivity index (χ0) is 12.4. The number of rotatable bonds is 3. The van der Waals surface area contributed by atoms with Crippen LogP contribution in [0.15, 0.2) is 29.2 Å². The first-order valence-electron chi connectivity index (χ1n) is 5.38. The summed E-state index contributed by atoms with van der Waals surface area (Å²) in [6, 6.07) is 7.74. The fourth-order valence-electron chi connectivity index (χ4n) is 1.53. The summed E-state index contributed by atoms with van der Waals surface area (Å²) >= 11 is 0. The molecule has 2 rings (SSSR count). The molecule has 1 aromatic heterocycles. The highest BCUT2D eigenvalue weighted by atomic mass is 32.2. The number of hydrogen-bond acceptors (Lipinski definition) is 3. The van der Waals surface area contributed by atoms with Crippen molar-refractivity contribution in [2.24, 2.45) is 7.05 Å². The Kier molecular flexibility index (Phi) is 3.38. The summed E-state index contributed by atoms with van der Waals surface area (Å²) in [6.07, 6.45) is 0. The van der Waals surface area contributed by atoms with Gasteiger partial charge >= 0.3 is 0 Å². The third-order valence-corrected chi connectivity index (χ3v) is 4.00. The van der Waals surface area contributed by atoms with E-state index in [9.17, 15) is 4.21 Å². The zero-order valence-corrected chi connectivity index (χ0v) is 11.0. The third kappa shape index (κ3) is 2.61. The van der Waals surface area contributed by atoms with E-state index in [4.69, 9.17) is 0 Å². The van der Waals surface area contributed by atoms with Gasteiger partial charge in [-0.15, -0.1) is 10.2 Å². The Morgan fingerprint density at radius 3 is 2.65 bits per heavy atom. The Morgan fingerprint density at radius 1 is 1.29 bits per heavy atom. The normalized spacial score (nSPS) is 12.6. The Labute approximate surface area is 103 Å². The summed E-state index contributed by atoms with van der Waals surface area (Å²) < 4.78 is 14.0. The Bertz CT molecular complexity index is 563. The number of nitrogens with zero attached hydrogens (tertiary/aromatic N) is 3. The van der Waals surface area contributed by atoms with Gasteiger partial charge in [-0.1, -0.05) is 12.1 Å². The van der Waals surface area contributed by atoms with E-state index in [0.717, 1.165) is 22.1 Å². The molecule has 17 heavy (non-hydrogen) atoms. The van der Waals surface area contributed by atoms with Crippen LogP contribution in [-0.4, -0.2) is 19.0 Å². The van der Waals surface area contributed by atoms with Crippen molar-refractivity contribution in [2.75, 3.05) is 0 Å². The molecular weight excluding hydrogens is 234 g/mol. The van der Waals surface area contributed by atoms with E-state index in [1.165, 1.54) is 0 Å². The standard InChI is InChI=1S/C12H15N3OS/c1-9-5-4-6-11(7-9)17(16)8-12-14-13-10(2)15(12)3/h4-7H,8H2,1-3H3/t17-/m0/s1. The summed E-state index contributed by atoms with van der Waals surface area (Å²) in [5.74, 6) is 1.99. The van der Waals surface area contributed by atoms with Crippen LogP contribution in [0, 0.1) is 13.8 Å². The topological polar surface area (TPSA) is 47.8 Å². The van der Waals surface area contributed by atoms with Crippen LogP contribution in [0.1, 0.15) is 17.2 Å².